The molecule has 0 saturated heterocycles. The Morgan fingerprint density at radius 2 is 1.85 bits per heavy atom. The van der Waals surface area contributed by atoms with Crippen LogP contribution in [0, 0.1) is 5.82 Å². The summed E-state index contributed by atoms with van der Waals surface area (Å²) in [7, 11) is 0. The number of halogens is 1. The van der Waals surface area contributed by atoms with Crippen molar-refractivity contribution in [1.29, 1.82) is 0 Å². The SMILES string of the molecule is O=C(CCC(=O)c1cccs1)OCc1ccc(F)cc1. The maximum atomic E-state index is 12.7. The summed E-state index contributed by atoms with van der Waals surface area (Å²) in [5.74, 6) is -0.820. The largest absolute Gasteiger partial charge is 0.461 e. The second kappa shape index (κ2) is 6.96. The summed E-state index contributed by atoms with van der Waals surface area (Å²) in [4.78, 5) is 23.8. The number of rotatable bonds is 6. The molecule has 0 N–H and O–H groups in total. The molecule has 0 aliphatic carbocycles. The lowest BCUT2D eigenvalue weighted by molar-refractivity contribution is -0.144. The van der Waals surface area contributed by atoms with E-state index in [2.05, 4.69) is 0 Å². The van der Waals surface area contributed by atoms with E-state index in [4.69, 9.17) is 4.74 Å². The first-order valence-corrected chi connectivity index (χ1v) is 7.00. The van der Waals surface area contributed by atoms with E-state index in [0.29, 0.717) is 10.4 Å². The van der Waals surface area contributed by atoms with Gasteiger partial charge in [0.25, 0.3) is 0 Å². The van der Waals surface area contributed by atoms with Crippen molar-refractivity contribution >= 4 is 23.1 Å². The summed E-state index contributed by atoms with van der Waals surface area (Å²) < 4.78 is 17.7. The first-order chi connectivity index (χ1) is 9.65. The summed E-state index contributed by atoms with van der Waals surface area (Å²) in [6.45, 7) is 0.0896. The molecule has 0 unspecified atom stereocenters. The molecule has 3 nitrogen and oxygen atoms in total. The van der Waals surface area contributed by atoms with Gasteiger partial charge in [-0.1, -0.05) is 18.2 Å². The molecular formula is C15H13FO3S. The third kappa shape index (κ3) is 4.28. The Bertz CT molecular complexity index is 576. The van der Waals surface area contributed by atoms with E-state index < -0.39 is 5.97 Å². The first kappa shape index (κ1) is 14.4. The lowest BCUT2D eigenvalue weighted by atomic mass is 10.2. The number of hydrogen-bond donors (Lipinski definition) is 0. The average Bonchev–Trinajstić information content (AvgIpc) is 2.98. The molecule has 0 spiro atoms. The van der Waals surface area contributed by atoms with Crippen LogP contribution >= 0.6 is 11.3 Å². The van der Waals surface area contributed by atoms with Crippen LogP contribution in [0.15, 0.2) is 41.8 Å². The minimum Gasteiger partial charge on any atom is -0.461 e. The van der Waals surface area contributed by atoms with Crippen LogP contribution in [0.1, 0.15) is 28.1 Å². The molecule has 1 aromatic heterocycles. The highest BCUT2D eigenvalue weighted by molar-refractivity contribution is 7.12. The minimum absolute atomic E-state index is 0.0535. The van der Waals surface area contributed by atoms with E-state index in [0.717, 1.165) is 0 Å². The van der Waals surface area contributed by atoms with Gasteiger partial charge in [0.2, 0.25) is 0 Å². The van der Waals surface area contributed by atoms with Gasteiger partial charge in [0.05, 0.1) is 11.3 Å². The Labute approximate surface area is 120 Å². The fourth-order valence-electron chi connectivity index (χ4n) is 1.59. The predicted molar refractivity (Wildman–Crippen MR) is 74.1 cm³/mol. The fraction of sp³-hybridized carbons (Fsp3) is 0.200. The quantitative estimate of drug-likeness (QED) is 0.603. The molecule has 0 radical (unpaired) electrons. The third-order valence-corrected chi connectivity index (χ3v) is 3.58. The second-order valence-corrected chi connectivity index (χ2v) is 5.14. The maximum absolute atomic E-state index is 12.7. The zero-order valence-electron chi connectivity index (χ0n) is 10.7. The Balaban J connectivity index is 1.73. The van der Waals surface area contributed by atoms with Crippen LogP contribution < -0.4 is 0 Å². The van der Waals surface area contributed by atoms with Gasteiger partial charge in [-0.2, -0.15) is 0 Å². The van der Waals surface area contributed by atoms with Crippen LogP contribution in [-0.4, -0.2) is 11.8 Å². The van der Waals surface area contributed by atoms with E-state index in [1.165, 1.54) is 23.5 Å². The van der Waals surface area contributed by atoms with E-state index in [9.17, 15) is 14.0 Å². The van der Waals surface area contributed by atoms with Gasteiger partial charge in [0.1, 0.15) is 12.4 Å². The standard InChI is InChI=1S/C15H13FO3S/c16-12-5-3-11(4-6-12)10-19-15(18)8-7-13(17)14-2-1-9-20-14/h1-6,9H,7-8,10H2. The first-order valence-electron chi connectivity index (χ1n) is 6.12. The van der Waals surface area contributed by atoms with Crippen molar-refractivity contribution in [3.63, 3.8) is 0 Å². The van der Waals surface area contributed by atoms with E-state index in [1.807, 2.05) is 5.38 Å². The second-order valence-electron chi connectivity index (χ2n) is 4.19. The molecule has 0 saturated carbocycles. The number of carbonyl (C=O) groups is 2. The van der Waals surface area contributed by atoms with Gasteiger partial charge in [-0.15, -0.1) is 11.3 Å². The van der Waals surface area contributed by atoms with Gasteiger partial charge in [-0.3, -0.25) is 9.59 Å². The zero-order chi connectivity index (χ0) is 14.4. The average molecular weight is 292 g/mol. The lowest BCUT2D eigenvalue weighted by Crippen LogP contribution is -2.07. The molecule has 0 atom stereocenters. The van der Waals surface area contributed by atoms with E-state index >= 15 is 0 Å². The molecule has 0 amide bonds. The van der Waals surface area contributed by atoms with Crippen molar-refractivity contribution in [2.75, 3.05) is 0 Å². The van der Waals surface area contributed by atoms with Gasteiger partial charge >= 0.3 is 5.97 Å². The van der Waals surface area contributed by atoms with Crippen molar-refractivity contribution in [1.82, 2.24) is 0 Å². The van der Waals surface area contributed by atoms with Gasteiger partial charge in [0, 0.05) is 6.42 Å². The van der Waals surface area contributed by atoms with Crippen LogP contribution in [0.3, 0.4) is 0 Å². The number of ether oxygens (including phenoxy) is 1. The number of esters is 1. The molecular weight excluding hydrogens is 279 g/mol. The molecule has 0 aliphatic heterocycles. The van der Waals surface area contributed by atoms with Crippen LogP contribution in [0.2, 0.25) is 0 Å². The Morgan fingerprint density at radius 1 is 1.10 bits per heavy atom. The number of ketones is 1. The van der Waals surface area contributed by atoms with Crippen molar-refractivity contribution in [3.8, 4) is 0 Å². The van der Waals surface area contributed by atoms with Crippen molar-refractivity contribution < 1.29 is 18.7 Å². The zero-order valence-corrected chi connectivity index (χ0v) is 11.5. The highest BCUT2D eigenvalue weighted by Gasteiger charge is 2.11. The fourth-order valence-corrected chi connectivity index (χ4v) is 2.29. The molecule has 2 aromatic rings. The Morgan fingerprint density at radius 3 is 2.50 bits per heavy atom. The number of carbonyl (C=O) groups excluding carboxylic acids is 2. The molecule has 1 aromatic carbocycles. The van der Waals surface area contributed by atoms with Crippen LogP contribution in [-0.2, 0) is 16.1 Å². The molecule has 0 bridgehead atoms. The van der Waals surface area contributed by atoms with Crippen molar-refractivity contribution in [2.45, 2.75) is 19.4 Å². The molecule has 0 aliphatic rings. The van der Waals surface area contributed by atoms with Crippen LogP contribution in [0.4, 0.5) is 4.39 Å². The normalized spacial score (nSPS) is 10.2. The Kier molecular flexibility index (Phi) is 5.01. The van der Waals surface area contributed by atoms with Gasteiger partial charge in [0.15, 0.2) is 5.78 Å². The molecule has 20 heavy (non-hydrogen) atoms. The number of thiophene rings is 1. The summed E-state index contributed by atoms with van der Waals surface area (Å²) in [5.41, 5.74) is 0.712. The number of hydrogen-bond acceptors (Lipinski definition) is 4. The van der Waals surface area contributed by atoms with Gasteiger partial charge in [-0.25, -0.2) is 4.39 Å². The van der Waals surface area contributed by atoms with Crippen molar-refractivity contribution in [2.24, 2.45) is 0 Å². The third-order valence-electron chi connectivity index (χ3n) is 2.67. The maximum Gasteiger partial charge on any atom is 0.306 e. The monoisotopic (exact) mass is 292 g/mol. The highest BCUT2D eigenvalue weighted by atomic mass is 32.1. The van der Waals surface area contributed by atoms with E-state index in [1.54, 1.807) is 24.3 Å². The van der Waals surface area contributed by atoms with Crippen LogP contribution in [0.25, 0.3) is 0 Å². The summed E-state index contributed by atoms with van der Waals surface area (Å²) in [5, 5.41) is 1.82. The number of Topliss-reactive ketones (excluding diaryl/α,β-unsaturated/α-hetero) is 1. The molecule has 2 rings (SSSR count). The topological polar surface area (TPSA) is 43.4 Å². The van der Waals surface area contributed by atoms with Gasteiger partial charge in [-0.05, 0) is 29.1 Å². The minimum atomic E-state index is -0.431. The van der Waals surface area contributed by atoms with Crippen LogP contribution in [0.5, 0.6) is 0 Å². The molecule has 104 valence electrons. The van der Waals surface area contributed by atoms with Crippen molar-refractivity contribution in [3.05, 3.63) is 58.0 Å². The molecule has 1 heterocycles. The molecule has 5 heteroatoms. The smallest absolute Gasteiger partial charge is 0.306 e. The van der Waals surface area contributed by atoms with Gasteiger partial charge < -0.3 is 4.74 Å². The van der Waals surface area contributed by atoms with E-state index in [-0.39, 0.29) is 31.0 Å². The lowest BCUT2D eigenvalue weighted by Gasteiger charge is -2.04. The molecule has 0 fully saturated rings. The summed E-state index contributed by atoms with van der Waals surface area (Å²) >= 11 is 1.36. The summed E-state index contributed by atoms with van der Waals surface area (Å²) in [6, 6.07) is 9.26. The Hall–Kier alpha value is -2.01. The number of benzene rings is 1. The predicted octanol–water partition coefficient (Wildman–Crippen LogP) is 3.59. The highest BCUT2D eigenvalue weighted by Crippen LogP contribution is 2.13. The summed E-state index contributed by atoms with van der Waals surface area (Å²) in [6.07, 6.45) is 0.195.